The van der Waals surface area contributed by atoms with Gasteiger partial charge in [-0.05, 0) is 6.07 Å². The van der Waals surface area contributed by atoms with E-state index in [1.54, 1.807) is 29.2 Å². The number of anilines is 2. The number of rotatable bonds is 4. The maximum absolute atomic E-state index is 5.77. The fourth-order valence-corrected chi connectivity index (χ4v) is 1.47. The number of aromatic nitrogens is 4. The highest BCUT2D eigenvalue weighted by molar-refractivity contribution is 6.29. The Morgan fingerprint density at radius 3 is 3.00 bits per heavy atom. The van der Waals surface area contributed by atoms with Crippen LogP contribution in [0.1, 0.15) is 0 Å². The van der Waals surface area contributed by atoms with Gasteiger partial charge in [-0.3, -0.25) is 4.68 Å². The molecule has 3 N–H and O–H groups in total. The zero-order chi connectivity index (χ0) is 11.4. The molecule has 7 heteroatoms. The van der Waals surface area contributed by atoms with E-state index in [1.807, 2.05) is 0 Å². The summed E-state index contributed by atoms with van der Waals surface area (Å²) in [6.07, 6.45) is 3.43. The summed E-state index contributed by atoms with van der Waals surface area (Å²) in [4.78, 5) is 4.08. The maximum Gasteiger partial charge on any atom is 0.133 e. The second kappa shape index (κ2) is 4.80. The summed E-state index contributed by atoms with van der Waals surface area (Å²) >= 11 is 5.77. The van der Waals surface area contributed by atoms with Gasteiger partial charge in [0, 0.05) is 24.5 Å². The van der Waals surface area contributed by atoms with Crippen LogP contribution in [-0.4, -0.2) is 26.5 Å². The molecule has 2 heterocycles. The first-order valence-electron chi connectivity index (χ1n) is 4.75. The molecule has 0 amide bonds. The third kappa shape index (κ3) is 2.83. The molecule has 0 saturated carbocycles. The van der Waals surface area contributed by atoms with Gasteiger partial charge in [0.1, 0.15) is 11.0 Å². The summed E-state index contributed by atoms with van der Waals surface area (Å²) in [5, 5.41) is 11.0. The lowest BCUT2D eigenvalue weighted by Gasteiger charge is -2.06. The van der Waals surface area contributed by atoms with E-state index in [9.17, 15) is 0 Å². The Hall–Kier alpha value is -1.82. The molecule has 0 saturated heterocycles. The van der Waals surface area contributed by atoms with E-state index in [2.05, 4.69) is 20.6 Å². The minimum atomic E-state index is 0.378. The van der Waals surface area contributed by atoms with Gasteiger partial charge in [-0.15, -0.1) is 5.10 Å². The van der Waals surface area contributed by atoms with Crippen molar-refractivity contribution in [1.82, 2.24) is 20.0 Å². The standard InChI is InChI=1S/C9H11ClN6/c10-8-5-7(11)6-9(14-8)12-1-3-16-4-2-13-15-16/h2,4-6H,1,3H2,(H3,11,12,14). The number of halogens is 1. The van der Waals surface area contributed by atoms with Gasteiger partial charge in [-0.1, -0.05) is 16.8 Å². The minimum absolute atomic E-state index is 0.378. The SMILES string of the molecule is Nc1cc(Cl)nc(NCCn2ccnn2)c1. The molecule has 0 aliphatic heterocycles. The Bertz CT molecular complexity index is 435. The molecule has 16 heavy (non-hydrogen) atoms. The van der Waals surface area contributed by atoms with Crippen LogP contribution in [0.3, 0.4) is 0 Å². The van der Waals surface area contributed by atoms with E-state index in [4.69, 9.17) is 17.3 Å². The molecule has 0 aromatic carbocycles. The van der Waals surface area contributed by atoms with Crippen molar-refractivity contribution in [3.63, 3.8) is 0 Å². The van der Waals surface area contributed by atoms with Crippen molar-refractivity contribution in [3.05, 3.63) is 29.7 Å². The van der Waals surface area contributed by atoms with Gasteiger partial charge >= 0.3 is 0 Å². The Balaban J connectivity index is 1.89. The average Bonchev–Trinajstić information content (AvgIpc) is 2.69. The van der Waals surface area contributed by atoms with Gasteiger partial charge in [0.25, 0.3) is 0 Å². The Kier molecular flexibility index (Phi) is 3.21. The summed E-state index contributed by atoms with van der Waals surface area (Å²) < 4.78 is 1.72. The third-order valence-electron chi connectivity index (χ3n) is 1.94. The van der Waals surface area contributed by atoms with Gasteiger partial charge < -0.3 is 11.1 Å². The Morgan fingerprint density at radius 1 is 1.44 bits per heavy atom. The molecular formula is C9H11ClN6. The van der Waals surface area contributed by atoms with Crippen LogP contribution < -0.4 is 11.1 Å². The van der Waals surface area contributed by atoms with E-state index < -0.39 is 0 Å². The predicted molar refractivity (Wildman–Crippen MR) is 62.2 cm³/mol. The fourth-order valence-electron chi connectivity index (χ4n) is 1.26. The molecule has 0 aliphatic rings. The van der Waals surface area contributed by atoms with E-state index in [0.29, 0.717) is 29.7 Å². The van der Waals surface area contributed by atoms with Crippen LogP contribution in [0.15, 0.2) is 24.5 Å². The molecule has 0 bridgehead atoms. The summed E-state index contributed by atoms with van der Waals surface area (Å²) in [6.45, 7) is 1.38. The zero-order valence-corrected chi connectivity index (χ0v) is 9.22. The van der Waals surface area contributed by atoms with Crippen molar-refractivity contribution in [2.75, 3.05) is 17.6 Å². The van der Waals surface area contributed by atoms with E-state index in [-0.39, 0.29) is 0 Å². The van der Waals surface area contributed by atoms with Crippen molar-refractivity contribution in [1.29, 1.82) is 0 Å². The average molecular weight is 239 g/mol. The van der Waals surface area contributed by atoms with E-state index in [1.165, 1.54) is 0 Å². The van der Waals surface area contributed by atoms with Crippen molar-refractivity contribution in [2.45, 2.75) is 6.54 Å². The molecular weight excluding hydrogens is 228 g/mol. The number of nitrogens with zero attached hydrogens (tertiary/aromatic N) is 4. The highest BCUT2D eigenvalue weighted by Gasteiger charge is 1.98. The van der Waals surface area contributed by atoms with Crippen molar-refractivity contribution in [3.8, 4) is 0 Å². The van der Waals surface area contributed by atoms with Crippen LogP contribution in [0.25, 0.3) is 0 Å². The van der Waals surface area contributed by atoms with E-state index in [0.717, 1.165) is 0 Å². The topological polar surface area (TPSA) is 81.6 Å². The number of hydrogen-bond acceptors (Lipinski definition) is 5. The molecule has 2 aromatic rings. The second-order valence-electron chi connectivity index (χ2n) is 3.20. The number of hydrogen-bond donors (Lipinski definition) is 2. The fraction of sp³-hybridized carbons (Fsp3) is 0.222. The molecule has 0 aliphatic carbocycles. The van der Waals surface area contributed by atoms with Crippen LogP contribution in [-0.2, 0) is 6.54 Å². The Labute approximate surface area is 97.4 Å². The molecule has 0 radical (unpaired) electrons. The second-order valence-corrected chi connectivity index (χ2v) is 3.59. The van der Waals surface area contributed by atoms with Crippen LogP contribution in [0, 0.1) is 0 Å². The number of nitrogen functional groups attached to an aromatic ring is 1. The first-order valence-corrected chi connectivity index (χ1v) is 5.13. The van der Waals surface area contributed by atoms with E-state index >= 15 is 0 Å². The van der Waals surface area contributed by atoms with Crippen LogP contribution in [0.4, 0.5) is 11.5 Å². The van der Waals surface area contributed by atoms with Crippen LogP contribution in [0.5, 0.6) is 0 Å². The number of nitrogens with one attached hydrogen (secondary N) is 1. The van der Waals surface area contributed by atoms with Crippen LogP contribution >= 0.6 is 11.6 Å². The molecule has 84 valence electrons. The zero-order valence-electron chi connectivity index (χ0n) is 8.47. The lowest BCUT2D eigenvalue weighted by molar-refractivity contribution is 0.608. The highest BCUT2D eigenvalue weighted by Crippen LogP contribution is 2.15. The quantitative estimate of drug-likeness (QED) is 0.778. The van der Waals surface area contributed by atoms with Gasteiger partial charge in [0.05, 0.1) is 12.7 Å². The largest absolute Gasteiger partial charge is 0.399 e. The van der Waals surface area contributed by atoms with Gasteiger partial charge in [0.2, 0.25) is 0 Å². The maximum atomic E-state index is 5.77. The first kappa shape index (κ1) is 10.7. The van der Waals surface area contributed by atoms with Crippen LogP contribution in [0.2, 0.25) is 5.15 Å². The molecule has 2 aromatic heterocycles. The van der Waals surface area contributed by atoms with Crippen molar-refractivity contribution < 1.29 is 0 Å². The molecule has 0 unspecified atom stereocenters. The number of pyridine rings is 1. The molecule has 2 rings (SSSR count). The summed E-state index contributed by atoms with van der Waals surface area (Å²) in [5.74, 6) is 0.658. The van der Waals surface area contributed by atoms with Gasteiger partial charge in [0.15, 0.2) is 0 Å². The summed E-state index contributed by atoms with van der Waals surface area (Å²) in [5.41, 5.74) is 6.22. The Morgan fingerprint density at radius 2 is 2.31 bits per heavy atom. The predicted octanol–water partition coefficient (Wildman–Crippen LogP) is 1.02. The lowest BCUT2D eigenvalue weighted by Crippen LogP contribution is -2.12. The van der Waals surface area contributed by atoms with Gasteiger partial charge in [-0.25, -0.2) is 4.98 Å². The summed E-state index contributed by atoms with van der Waals surface area (Å²) in [6, 6.07) is 3.33. The molecule has 0 spiro atoms. The highest BCUT2D eigenvalue weighted by atomic mass is 35.5. The smallest absolute Gasteiger partial charge is 0.133 e. The normalized spacial score (nSPS) is 10.3. The number of nitrogens with two attached hydrogens (primary N) is 1. The molecule has 6 nitrogen and oxygen atoms in total. The lowest BCUT2D eigenvalue weighted by atomic mass is 10.4. The van der Waals surface area contributed by atoms with Gasteiger partial charge in [-0.2, -0.15) is 0 Å². The minimum Gasteiger partial charge on any atom is -0.399 e. The first-order chi connectivity index (χ1) is 7.74. The molecule has 0 atom stereocenters. The summed E-state index contributed by atoms with van der Waals surface area (Å²) in [7, 11) is 0. The van der Waals surface area contributed by atoms with Crippen molar-refractivity contribution in [2.24, 2.45) is 0 Å². The monoisotopic (exact) mass is 238 g/mol. The van der Waals surface area contributed by atoms with Crippen molar-refractivity contribution >= 4 is 23.1 Å². The third-order valence-corrected chi connectivity index (χ3v) is 2.13. The molecule has 0 fully saturated rings.